The molecule has 3 nitrogen and oxygen atoms in total. The molecule has 0 bridgehead atoms. The van der Waals surface area contributed by atoms with Crippen molar-refractivity contribution in [1.29, 1.82) is 0 Å². The Morgan fingerprint density at radius 1 is 1.41 bits per heavy atom. The smallest absolute Gasteiger partial charge is 0.247 e. The second kappa shape index (κ2) is 6.86. The van der Waals surface area contributed by atoms with Crippen molar-refractivity contribution in [2.24, 2.45) is 0 Å². The highest BCUT2D eigenvalue weighted by Gasteiger charge is 2.13. The average molecular weight is 233 g/mol. The molecule has 1 aromatic rings. The zero-order valence-corrected chi connectivity index (χ0v) is 10.3. The van der Waals surface area contributed by atoms with Crippen molar-refractivity contribution in [3.05, 3.63) is 47.5 Å². The van der Waals surface area contributed by atoms with Gasteiger partial charge in [0.15, 0.2) is 0 Å². The topological polar surface area (TPSA) is 49.3 Å². The first-order valence-electron chi connectivity index (χ1n) is 5.82. The molecule has 17 heavy (non-hydrogen) atoms. The van der Waals surface area contributed by atoms with Crippen LogP contribution in [0, 0.1) is 0 Å². The lowest BCUT2D eigenvalue weighted by atomic mass is 10.1. The van der Waals surface area contributed by atoms with Gasteiger partial charge in [-0.05, 0) is 18.9 Å². The first-order valence-corrected chi connectivity index (χ1v) is 5.82. The van der Waals surface area contributed by atoms with Crippen LogP contribution in [0.25, 0.3) is 0 Å². The summed E-state index contributed by atoms with van der Waals surface area (Å²) in [4.78, 5) is 11.8. The van der Waals surface area contributed by atoms with Gasteiger partial charge in [0.05, 0.1) is 12.6 Å². The van der Waals surface area contributed by atoms with E-state index in [0.29, 0.717) is 5.57 Å². The second-order valence-electron chi connectivity index (χ2n) is 3.91. The van der Waals surface area contributed by atoms with Crippen molar-refractivity contribution >= 4 is 5.91 Å². The van der Waals surface area contributed by atoms with Gasteiger partial charge in [-0.15, -0.1) is 0 Å². The summed E-state index contributed by atoms with van der Waals surface area (Å²) in [6, 6.07) is 9.11. The molecule has 0 fully saturated rings. The van der Waals surface area contributed by atoms with E-state index in [-0.39, 0.29) is 18.6 Å². The molecule has 1 atom stereocenters. The number of nitrogens with one attached hydrogen (secondary N) is 1. The molecule has 0 heterocycles. The zero-order valence-electron chi connectivity index (χ0n) is 10.3. The summed E-state index contributed by atoms with van der Waals surface area (Å²) in [6.07, 6.45) is 2.70. The largest absolute Gasteiger partial charge is 0.394 e. The predicted molar refractivity (Wildman–Crippen MR) is 68.5 cm³/mol. The first-order chi connectivity index (χ1) is 8.19. The van der Waals surface area contributed by atoms with Gasteiger partial charge in [0.2, 0.25) is 5.91 Å². The number of amides is 1. The van der Waals surface area contributed by atoms with Crippen molar-refractivity contribution in [3.63, 3.8) is 0 Å². The number of rotatable bonds is 5. The number of allylic oxidation sites excluding steroid dienone is 1. The molecule has 2 N–H and O–H groups in total. The Morgan fingerprint density at radius 3 is 2.59 bits per heavy atom. The maximum Gasteiger partial charge on any atom is 0.247 e. The van der Waals surface area contributed by atoms with Crippen LogP contribution in [0.3, 0.4) is 0 Å². The minimum atomic E-state index is -0.344. The Balaban J connectivity index is 2.72. The van der Waals surface area contributed by atoms with Crippen LogP contribution in [0.4, 0.5) is 0 Å². The third-order valence-electron chi connectivity index (χ3n) is 2.56. The molecule has 92 valence electrons. The highest BCUT2D eigenvalue weighted by molar-refractivity contribution is 5.93. The quantitative estimate of drug-likeness (QED) is 0.766. The SMILES string of the molecule is CC/C=C(/C)C(=O)N[C@@H](CO)c1ccccc1. The van der Waals surface area contributed by atoms with Crippen molar-refractivity contribution in [3.8, 4) is 0 Å². The first kappa shape index (κ1) is 13.5. The number of hydrogen-bond donors (Lipinski definition) is 2. The molecule has 0 aliphatic carbocycles. The summed E-state index contributed by atoms with van der Waals surface area (Å²) in [7, 11) is 0. The Morgan fingerprint density at radius 2 is 2.06 bits per heavy atom. The van der Waals surface area contributed by atoms with Gasteiger partial charge in [0.1, 0.15) is 0 Å². The Labute approximate surface area is 102 Å². The zero-order chi connectivity index (χ0) is 12.7. The van der Waals surface area contributed by atoms with Gasteiger partial charge in [0, 0.05) is 5.57 Å². The maximum absolute atomic E-state index is 11.8. The molecule has 0 aliphatic heterocycles. The van der Waals surface area contributed by atoms with Gasteiger partial charge in [0.25, 0.3) is 0 Å². The summed E-state index contributed by atoms with van der Waals surface area (Å²) in [5.74, 6) is -0.130. The minimum Gasteiger partial charge on any atom is -0.394 e. The van der Waals surface area contributed by atoms with Gasteiger partial charge < -0.3 is 10.4 Å². The van der Waals surface area contributed by atoms with Crippen molar-refractivity contribution in [1.82, 2.24) is 5.32 Å². The molecule has 1 rings (SSSR count). The van der Waals surface area contributed by atoms with Crippen LogP contribution >= 0.6 is 0 Å². The van der Waals surface area contributed by atoms with E-state index < -0.39 is 0 Å². The van der Waals surface area contributed by atoms with E-state index >= 15 is 0 Å². The molecule has 0 radical (unpaired) electrons. The highest BCUT2D eigenvalue weighted by Crippen LogP contribution is 2.12. The Bertz CT molecular complexity index is 384. The van der Waals surface area contributed by atoms with Gasteiger partial charge in [-0.2, -0.15) is 0 Å². The van der Waals surface area contributed by atoms with Crippen LogP contribution in [0.5, 0.6) is 0 Å². The van der Waals surface area contributed by atoms with Gasteiger partial charge in [-0.3, -0.25) is 4.79 Å². The summed E-state index contributed by atoms with van der Waals surface area (Å²) in [5.41, 5.74) is 1.59. The van der Waals surface area contributed by atoms with E-state index in [1.165, 1.54) is 0 Å². The number of aliphatic hydroxyl groups is 1. The lowest BCUT2D eigenvalue weighted by Gasteiger charge is -2.16. The molecule has 3 heteroatoms. The van der Waals surface area contributed by atoms with E-state index in [0.717, 1.165) is 12.0 Å². The lowest BCUT2D eigenvalue weighted by molar-refractivity contribution is -0.118. The third-order valence-corrected chi connectivity index (χ3v) is 2.56. The second-order valence-corrected chi connectivity index (χ2v) is 3.91. The number of carbonyl (C=O) groups excluding carboxylic acids is 1. The van der Waals surface area contributed by atoms with E-state index in [4.69, 9.17) is 0 Å². The van der Waals surface area contributed by atoms with E-state index in [1.54, 1.807) is 6.92 Å². The number of aliphatic hydroxyl groups excluding tert-OH is 1. The molecule has 0 unspecified atom stereocenters. The maximum atomic E-state index is 11.8. The molecule has 1 aromatic carbocycles. The fourth-order valence-corrected chi connectivity index (χ4v) is 1.59. The van der Waals surface area contributed by atoms with Crippen molar-refractivity contribution in [2.45, 2.75) is 26.3 Å². The summed E-state index contributed by atoms with van der Waals surface area (Å²) < 4.78 is 0. The number of hydrogen-bond acceptors (Lipinski definition) is 2. The van der Waals surface area contributed by atoms with Gasteiger partial charge in [-0.25, -0.2) is 0 Å². The summed E-state index contributed by atoms with van der Waals surface area (Å²) in [6.45, 7) is 3.66. The third kappa shape index (κ3) is 4.04. The van der Waals surface area contributed by atoms with Gasteiger partial charge in [-0.1, -0.05) is 43.3 Å². The van der Waals surface area contributed by atoms with Crippen LogP contribution in [0.2, 0.25) is 0 Å². The fraction of sp³-hybridized carbons (Fsp3) is 0.357. The van der Waals surface area contributed by atoms with Crippen LogP contribution in [0.1, 0.15) is 31.9 Å². The van der Waals surface area contributed by atoms with Crippen LogP contribution in [-0.4, -0.2) is 17.6 Å². The lowest BCUT2D eigenvalue weighted by Crippen LogP contribution is -2.31. The number of carbonyl (C=O) groups is 1. The Kier molecular flexibility index (Phi) is 5.43. The number of benzene rings is 1. The normalized spacial score (nSPS) is 13.2. The summed E-state index contributed by atoms with van der Waals surface area (Å²) in [5, 5.41) is 12.1. The minimum absolute atomic E-state index is 0.102. The van der Waals surface area contributed by atoms with Crippen molar-refractivity contribution in [2.75, 3.05) is 6.61 Å². The Hall–Kier alpha value is -1.61. The molecule has 0 saturated heterocycles. The van der Waals surface area contributed by atoms with Crippen LogP contribution < -0.4 is 5.32 Å². The molecule has 0 saturated carbocycles. The predicted octanol–water partition coefficient (Wildman–Crippen LogP) is 2.19. The van der Waals surface area contributed by atoms with Crippen LogP contribution in [0.15, 0.2) is 42.0 Å². The molecular weight excluding hydrogens is 214 g/mol. The van der Waals surface area contributed by atoms with E-state index in [2.05, 4.69) is 5.32 Å². The van der Waals surface area contributed by atoms with E-state index in [1.807, 2.05) is 43.3 Å². The standard InChI is InChI=1S/C14H19NO2/c1-3-7-11(2)14(17)15-13(10-16)12-8-5-4-6-9-12/h4-9,13,16H,3,10H2,1-2H3,(H,15,17)/b11-7-/t13-/m0/s1. The highest BCUT2D eigenvalue weighted by atomic mass is 16.3. The molecular formula is C14H19NO2. The molecule has 0 aliphatic rings. The van der Waals surface area contributed by atoms with Gasteiger partial charge >= 0.3 is 0 Å². The molecule has 0 aromatic heterocycles. The average Bonchev–Trinajstić information content (AvgIpc) is 2.37. The van der Waals surface area contributed by atoms with E-state index in [9.17, 15) is 9.90 Å². The monoisotopic (exact) mass is 233 g/mol. The van der Waals surface area contributed by atoms with Crippen molar-refractivity contribution < 1.29 is 9.90 Å². The van der Waals surface area contributed by atoms with Crippen LogP contribution in [-0.2, 0) is 4.79 Å². The fourth-order valence-electron chi connectivity index (χ4n) is 1.59. The molecule has 1 amide bonds. The summed E-state index contributed by atoms with van der Waals surface area (Å²) >= 11 is 0. The molecule has 0 spiro atoms.